The van der Waals surface area contributed by atoms with Gasteiger partial charge in [-0.05, 0) is 55.9 Å². The third-order valence-electron chi connectivity index (χ3n) is 4.15. The predicted octanol–water partition coefficient (Wildman–Crippen LogP) is 3.19. The Morgan fingerprint density at radius 2 is 1.92 bits per heavy atom. The second-order valence-electron chi connectivity index (χ2n) is 6.19. The van der Waals surface area contributed by atoms with Crippen molar-refractivity contribution in [2.75, 3.05) is 27.7 Å². The molecule has 1 amide bonds. The smallest absolute Gasteiger partial charge is 0.220 e. The Hall–Kier alpha value is -2.40. The van der Waals surface area contributed by atoms with E-state index in [1.54, 1.807) is 13.2 Å². The second-order valence-corrected chi connectivity index (χ2v) is 6.19. The van der Waals surface area contributed by atoms with Gasteiger partial charge in [-0.3, -0.25) is 4.79 Å². The van der Waals surface area contributed by atoms with Gasteiger partial charge < -0.3 is 15.0 Å². The number of methoxy groups -OCH3 is 1. The lowest BCUT2D eigenvalue weighted by atomic mass is 10.1. The number of halogens is 1. The first-order valence-corrected chi connectivity index (χ1v) is 8.31. The van der Waals surface area contributed by atoms with Crippen LogP contribution in [-0.4, -0.2) is 38.6 Å². The molecule has 2 aromatic rings. The van der Waals surface area contributed by atoms with E-state index in [0.717, 1.165) is 16.9 Å². The summed E-state index contributed by atoms with van der Waals surface area (Å²) >= 11 is 0. The maximum Gasteiger partial charge on any atom is 0.220 e. The lowest BCUT2D eigenvalue weighted by Crippen LogP contribution is -2.34. The molecule has 0 fully saturated rings. The number of carbonyl (C=O) groups excluding carboxylic acids is 1. The van der Waals surface area contributed by atoms with Crippen LogP contribution in [0.3, 0.4) is 0 Å². The fraction of sp³-hybridized carbons (Fsp3) is 0.350. The zero-order valence-corrected chi connectivity index (χ0v) is 15.0. The van der Waals surface area contributed by atoms with Gasteiger partial charge in [-0.25, -0.2) is 4.39 Å². The van der Waals surface area contributed by atoms with E-state index in [-0.39, 0.29) is 17.8 Å². The summed E-state index contributed by atoms with van der Waals surface area (Å²) in [5, 5.41) is 2.97. The molecule has 0 saturated carbocycles. The van der Waals surface area contributed by atoms with Gasteiger partial charge in [0.1, 0.15) is 11.6 Å². The Bertz CT molecular complexity index is 686. The Morgan fingerprint density at radius 1 is 1.20 bits per heavy atom. The molecule has 0 heterocycles. The van der Waals surface area contributed by atoms with Crippen LogP contribution >= 0.6 is 0 Å². The van der Waals surface area contributed by atoms with Crippen molar-refractivity contribution in [3.8, 4) is 5.75 Å². The van der Waals surface area contributed by atoms with Crippen LogP contribution in [0, 0.1) is 5.82 Å². The van der Waals surface area contributed by atoms with E-state index in [9.17, 15) is 9.18 Å². The van der Waals surface area contributed by atoms with Gasteiger partial charge in [0.15, 0.2) is 0 Å². The van der Waals surface area contributed by atoms with Crippen molar-refractivity contribution in [2.45, 2.75) is 18.9 Å². The molecule has 0 spiro atoms. The van der Waals surface area contributed by atoms with Crippen LogP contribution in [0.4, 0.5) is 4.39 Å². The Balaban J connectivity index is 1.88. The highest BCUT2D eigenvalue weighted by molar-refractivity contribution is 5.76. The van der Waals surface area contributed by atoms with Crippen molar-refractivity contribution in [3.05, 3.63) is 65.5 Å². The molecule has 0 saturated heterocycles. The zero-order valence-electron chi connectivity index (χ0n) is 15.0. The minimum Gasteiger partial charge on any atom is -0.497 e. The molecule has 0 aromatic heterocycles. The summed E-state index contributed by atoms with van der Waals surface area (Å²) in [5.74, 6) is 0.495. The molecule has 2 aromatic carbocycles. The third-order valence-corrected chi connectivity index (χ3v) is 4.15. The highest BCUT2D eigenvalue weighted by atomic mass is 19.1. The standard InChI is InChI=1S/C20H25FN2O2/c1-23(2)19(16-8-10-18(25-3)11-9-16)14-22-20(24)12-7-15-5-4-6-17(21)13-15/h4-6,8-11,13,19H,7,12,14H2,1-3H3,(H,22,24). The molecule has 0 radical (unpaired) electrons. The normalized spacial score (nSPS) is 12.0. The summed E-state index contributed by atoms with van der Waals surface area (Å²) in [4.78, 5) is 14.2. The van der Waals surface area contributed by atoms with E-state index in [2.05, 4.69) is 10.2 Å². The average Bonchev–Trinajstić information content (AvgIpc) is 2.60. The van der Waals surface area contributed by atoms with Crippen LogP contribution in [0.25, 0.3) is 0 Å². The Labute approximate surface area is 148 Å². The van der Waals surface area contributed by atoms with Gasteiger partial charge in [-0.15, -0.1) is 0 Å². The summed E-state index contributed by atoms with van der Waals surface area (Å²) in [5.41, 5.74) is 1.94. The van der Waals surface area contributed by atoms with Crippen LogP contribution in [0.5, 0.6) is 5.75 Å². The lowest BCUT2D eigenvalue weighted by molar-refractivity contribution is -0.121. The number of amides is 1. The van der Waals surface area contributed by atoms with Gasteiger partial charge >= 0.3 is 0 Å². The number of nitrogens with one attached hydrogen (secondary N) is 1. The first-order valence-electron chi connectivity index (χ1n) is 8.31. The second kappa shape index (κ2) is 9.18. The quantitative estimate of drug-likeness (QED) is 0.800. The van der Waals surface area contributed by atoms with Gasteiger partial charge in [0.25, 0.3) is 0 Å². The van der Waals surface area contributed by atoms with Gasteiger partial charge in [0.2, 0.25) is 5.91 Å². The maximum absolute atomic E-state index is 13.2. The topological polar surface area (TPSA) is 41.6 Å². The van der Waals surface area contributed by atoms with Crippen molar-refractivity contribution >= 4 is 5.91 Å². The molecule has 2 rings (SSSR count). The summed E-state index contributed by atoms with van der Waals surface area (Å²) in [6.07, 6.45) is 0.866. The van der Waals surface area contributed by atoms with Gasteiger partial charge in [-0.1, -0.05) is 24.3 Å². The van der Waals surface area contributed by atoms with E-state index in [1.807, 2.05) is 44.4 Å². The van der Waals surface area contributed by atoms with E-state index in [1.165, 1.54) is 12.1 Å². The molecule has 4 nitrogen and oxygen atoms in total. The monoisotopic (exact) mass is 344 g/mol. The first kappa shape index (κ1) is 18.9. The SMILES string of the molecule is COc1ccc(C(CNC(=O)CCc2cccc(F)c2)N(C)C)cc1. The summed E-state index contributed by atoms with van der Waals surface area (Å²) in [6.45, 7) is 0.515. The van der Waals surface area contributed by atoms with Gasteiger partial charge in [0, 0.05) is 13.0 Å². The van der Waals surface area contributed by atoms with E-state index < -0.39 is 0 Å². The fourth-order valence-corrected chi connectivity index (χ4v) is 2.67. The largest absolute Gasteiger partial charge is 0.497 e. The number of hydrogen-bond donors (Lipinski definition) is 1. The first-order chi connectivity index (χ1) is 12.0. The lowest BCUT2D eigenvalue weighted by Gasteiger charge is -2.25. The van der Waals surface area contributed by atoms with E-state index in [0.29, 0.717) is 19.4 Å². The van der Waals surface area contributed by atoms with Crippen LogP contribution in [0.2, 0.25) is 0 Å². The van der Waals surface area contributed by atoms with Crippen LogP contribution in [0.1, 0.15) is 23.6 Å². The third kappa shape index (κ3) is 5.87. The fourth-order valence-electron chi connectivity index (χ4n) is 2.67. The molecule has 0 aliphatic heterocycles. The molecule has 0 aliphatic rings. The molecular formula is C20H25FN2O2. The highest BCUT2D eigenvalue weighted by Gasteiger charge is 2.15. The van der Waals surface area contributed by atoms with Crippen molar-refractivity contribution in [3.63, 3.8) is 0 Å². The molecule has 0 aliphatic carbocycles. The van der Waals surface area contributed by atoms with Crippen molar-refractivity contribution < 1.29 is 13.9 Å². The van der Waals surface area contributed by atoms with Crippen LogP contribution < -0.4 is 10.1 Å². The molecule has 134 valence electrons. The average molecular weight is 344 g/mol. The minimum atomic E-state index is -0.273. The molecule has 0 bridgehead atoms. The Morgan fingerprint density at radius 3 is 2.52 bits per heavy atom. The molecule has 25 heavy (non-hydrogen) atoms. The molecule has 1 unspecified atom stereocenters. The Kier molecular flexibility index (Phi) is 6.95. The number of hydrogen-bond acceptors (Lipinski definition) is 3. The number of benzene rings is 2. The number of aryl methyl sites for hydroxylation is 1. The van der Waals surface area contributed by atoms with E-state index in [4.69, 9.17) is 4.74 Å². The summed E-state index contributed by atoms with van der Waals surface area (Å²) in [7, 11) is 5.60. The van der Waals surface area contributed by atoms with Gasteiger partial charge in [0.05, 0.1) is 13.2 Å². The zero-order chi connectivity index (χ0) is 18.2. The number of carbonyl (C=O) groups is 1. The molecule has 1 atom stereocenters. The van der Waals surface area contributed by atoms with Crippen molar-refractivity contribution in [2.24, 2.45) is 0 Å². The number of rotatable bonds is 8. The minimum absolute atomic E-state index is 0.0374. The highest BCUT2D eigenvalue weighted by Crippen LogP contribution is 2.20. The number of ether oxygens (including phenoxy) is 1. The summed E-state index contributed by atoms with van der Waals surface area (Å²) < 4.78 is 18.3. The number of likely N-dealkylation sites (N-methyl/N-ethyl adjacent to an activating group) is 1. The molecule has 5 heteroatoms. The molecular weight excluding hydrogens is 319 g/mol. The number of nitrogens with zero attached hydrogens (tertiary/aromatic N) is 1. The maximum atomic E-state index is 13.2. The summed E-state index contributed by atoms with van der Waals surface area (Å²) in [6, 6.07) is 14.3. The molecule has 1 N–H and O–H groups in total. The van der Waals surface area contributed by atoms with Crippen molar-refractivity contribution in [1.82, 2.24) is 10.2 Å². The van der Waals surface area contributed by atoms with E-state index >= 15 is 0 Å². The predicted molar refractivity (Wildman–Crippen MR) is 97.2 cm³/mol. The van der Waals surface area contributed by atoms with Crippen LogP contribution in [-0.2, 0) is 11.2 Å². The van der Waals surface area contributed by atoms with Crippen molar-refractivity contribution in [1.29, 1.82) is 0 Å². The van der Waals surface area contributed by atoms with Crippen LogP contribution in [0.15, 0.2) is 48.5 Å². The van der Waals surface area contributed by atoms with Gasteiger partial charge in [-0.2, -0.15) is 0 Å².